The Kier molecular flexibility index (Phi) is 3.99. The molecule has 1 fully saturated rings. The van der Waals surface area contributed by atoms with Gasteiger partial charge in [-0.25, -0.2) is 0 Å². The van der Waals surface area contributed by atoms with Gasteiger partial charge in [0.25, 0.3) is 0 Å². The Balaban J connectivity index is 2.20. The maximum atomic E-state index is 10.6. The summed E-state index contributed by atoms with van der Waals surface area (Å²) in [4.78, 5) is 0. The summed E-state index contributed by atoms with van der Waals surface area (Å²) in [5.74, 6) is 0. The normalized spacial score (nSPS) is 28.6. The zero-order valence-corrected chi connectivity index (χ0v) is 11.9. The molecule has 2 unspecified atom stereocenters. The van der Waals surface area contributed by atoms with E-state index in [2.05, 4.69) is 5.10 Å². The molecule has 1 aromatic rings. The summed E-state index contributed by atoms with van der Waals surface area (Å²) in [7, 11) is 1.88. The molecule has 2 rings (SSSR count). The molecule has 4 nitrogen and oxygen atoms in total. The molecule has 0 bridgehead atoms. The van der Waals surface area contributed by atoms with Gasteiger partial charge in [0.1, 0.15) is 0 Å². The van der Waals surface area contributed by atoms with Crippen LogP contribution in [0, 0.1) is 0 Å². The number of aryl methyl sites for hydroxylation is 2. The number of hydrogen-bond donors (Lipinski definition) is 2. The fourth-order valence-corrected chi connectivity index (χ4v) is 3.23. The number of halogens is 1. The van der Waals surface area contributed by atoms with E-state index < -0.39 is 5.60 Å². The number of nitrogens with zero attached hydrogens (tertiary/aromatic N) is 2. The molecule has 0 saturated heterocycles. The molecule has 0 radical (unpaired) electrons. The van der Waals surface area contributed by atoms with E-state index in [1.165, 1.54) is 0 Å². The quantitative estimate of drug-likeness (QED) is 0.881. The van der Waals surface area contributed by atoms with Gasteiger partial charge in [-0.05, 0) is 32.1 Å². The molecule has 1 saturated carbocycles. The minimum Gasteiger partial charge on any atom is -0.389 e. The fourth-order valence-electron chi connectivity index (χ4n) is 2.87. The van der Waals surface area contributed by atoms with Crippen LogP contribution in [0.5, 0.6) is 0 Å². The van der Waals surface area contributed by atoms with Crippen LogP contribution in [-0.2, 0) is 19.9 Å². The minimum absolute atomic E-state index is 0.0985. The Morgan fingerprint density at radius 1 is 1.61 bits per heavy atom. The van der Waals surface area contributed by atoms with Crippen molar-refractivity contribution in [3.63, 3.8) is 0 Å². The number of rotatable bonds is 3. The van der Waals surface area contributed by atoms with Crippen molar-refractivity contribution in [3.8, 4) is 0 Å². The molecule has 18 heavy (non-hydrogen) atoms. The highest BCUT2D eigenvalue weighted by Crippen LogP contribution is 2.33. The van der Waals surface area contributed by atoms with E-state index in [0.29, 0.717) is 17.9 Å². The second-order valence-corrected chi connectivity index (χ2v) is 5.82. The maximum Gasteiger partial charge on any atom is 0.0850 e. The number of aromatic nitrogens is 2. The van der Waals surface area contributed by atoms with Crippen molar-refractivity contribution in [2.75, 3.05) is 0 Å². The first-order valence-electron chi connectivity index (χ1n) is 6.63. The monoisotopic (exact) mass is 271 g/mol. The molecule has 1 aliphatic carbocycles. The van der Waals surface area contributed by atoms with Gasteiger partial charge < -0.3 is 10.8 Å². The molecule has 5 heteroatoms. The Hall–Kier alpha value is -0.580. The van der Waals surface area contributed by atoms with Crippen LogP contribution in [-0.4, -0.2) is 26.5 Å². The molecule has 1 aromatic heterocycles. The van der Waals surface area contributed by atoms with Gasteiger partial charge >= 0.3 is 0 Å². The van der Waals surface area contributed by atoms with Crippen LogP contribution in [0.2, 0.25) is 5.02 Å². The summed E-state index contributed by atoms with van der Waals surface area (Å²) in [5, 5.41) is 15.7. The van der Waals surface area contributed by atoms with Crippen molar-refractivity contribution in [3.05, 3.63) is 16.4 Å². The first-order valence-corrected chi connectivity index (χ1v) is 7.01. The second kappa shape index (κ2) is 5.19. The standard InChI is InChI=1S/C13H22ClN3O/c1-3-10-12(14)11(17(2)16-10)8-13(18)6-4-5-9(15)7-13/h9,18H,3-8,15H2,1-2H3. The maximum absolute atomic E-state index is 10.6. The molecule has 0 amide bonds. The summed E-state index contributed by atoms with van der Waals surface area (Å²) in [6.07, 6.45) is 4.78. The molecule has 102 valence electrons. The molecule has 2 atom stereocenters. The summed E-state index contributed by atoms with van der Waals surface area (Å²) >= 11 is 6.32. The molecule has 0 spiro atoms. The third kappa shape index (κ3) is 2.71. The number of hydrogen-bond acceptors (Lipinski definition) is 3. The Labute approximate surface area is 113 Å². The van der Waals surface area contributed by atoms with E-state index in [9.17, 15) is 5.11 Å². The van der Waals surface area contributed by atoms with Gasteiger partial charge in [-0.2, -0.15) is 5.10 Å². The van der Waals surface area contributed by atoms with Crippen LogP contribution in [0.1, 0.15) is 44.0 Å². The van der Waals surface area contributed by atoms with Gasteiger partial charge in [-0.1, -0.05) is 18.5 Å². The molecular weight excluding hydrogens is 250 g/mol. The number of aliphatic hydroxyl groups is 1. The van der Waals surface area contributed by atoms with E-state index in [1.54, 1.807) is 4.68 Å². The van der Waals surface area contributed by atoms with Crippen LogP contribution in [0.25, 0.3) is 0 Å². The van der Waals surface area contributed by atoms with Crippen molar-refractivity contribution < 1.29 is 5.11 Å². The van der Waals surface area contributed by atoms with Crippen LogP contribution in [0.3, 0.4) is 0 Å². The molecular formula is C13H22ClN3O. The van der Waals surface area contributed by atoms with Crippen molar-refractivity contribution in [1.82, 2.24) is 9.78 Å². The first-order chi connectivity index (χ1) is 8.45. The third-order valence-electron chi connectivity index (χ3n) is 3.86. The first kappa shape index (κ1) is 13.8. The highest BCUT2D eigenvalue weighted by molar-refractivity contribution is 6.31. The second-order valence-electron chi connectivity index (χ2n) is 5.44. The molecule has 0 aromatic carbocycles. The Morgan fingerprint density at radius 3 is 2.89 bits per heavy atom. The van der Waals surface area contributed by atoms with E-state index in [-0.39, 0.29) is 6.04 Å². The molecule has 1 heterocycles. The largest absolute Gasteiger partial charge is 0.389 e. The van der Waals surface area contributed by atoms with E-state index in [1.807, 2.05) is 14.0 Å². The third-order valence-corrected chi connectivity index (χ3v) is 4.29. The predicted molar refractivity (Wildman–Crippen MR) is 72.7 cm³/mol. The van der Waals surface area contributed by atoms with Crippen molar-refractivity contribution in [2.24, 2.45) is 12.8 Å². The summed E-state index contributed by atoms with van der Waals surface area (Å²) in [6, 6.07) is 0.0985. The molecule has 3 N–H and O–H groups in total. The Bertz CT molecular complexity index is 432. The highest BCUT2D eigenvalue weighted by atomic mass is 35.5. The average Bonchev–Trinajstić information content (AvgIpc) is 2.56. The SMILES string of the molecule is CCc1nn(C)c(CC2(O)CCCC(N)C2)c1Cl. The Morgan fingerprint density at radius 2 is 2.33 bits per heavy atom. The zero-order chi connectivity index (χ0) is 13.3. The molecule has 1 aliphatic rings. The van der Waals surface area contributed by atoms with E-state index >= 15 is 0 Å². The van der Waals surface area contributed by atoms with Crippen LogP contribution in [0.4, 0.5) is 0 Å². The topological polar surface area (TPSA) is 64.1 Å². The fraction of sp³-hybridized carbons (Fsp3) is 0.769. The van der Waals surface area contributed by atoms with Gasteiger partial charge in [0.15, 0.2) is 0 Å². The lowest BCUT2D eigenvalue weighted by Gasteiger charge is -2.35. The van der Waals surface area contributed by atoms with Crippen LogP contribution < -0.4 is 5.73 Å². The summed E-state index contributed by atoms with van der Waals surface area (Å²) < 4.78 is 1.79. The van der Waals surface area contributed by atoms with Gasteiger partial charge in [0, 0.05) is 19.5 Å². The van der Waals surface area contributed by atoms with Gasteiger partial charge in [-0.3, -0.25) is 4.68 Å². The number of nitrogens with two attached hydrogens (primary N) is 1. The summed E-state index contributed by atoms with van der Waals surface area (Å²) in [5.41, 5.74) is 7.06. The summed E-state index contributed by atoms with van der Waals surface area (Å²) in [6.45, 7) is 2.03. The minimum atomic E-state index is -0.722. The van der Waals surface area contributed by atoms with Crippen molar-refractivity contribution >= 4 is 11.6 Å². The van der Waals surface area contributed by atoms with Crippen molar-refractivity contribution in [1.29, 1.82) is 0 Å². The lowest BCUT2D eigenvalue weighted by molar-refractivity contribution is -0.00339. The molecule has 0 aliphatic heterocycles. The zero-order valence-electron chi connectivity index (χ0n) is 11.1. The van der Waals surface area contributed by atoms with Gasteiger partial charge in [0.05, 0.1) is 22.0 Å². The average molecular weight is 272 g/mol. The highest BCUT2D eigenvalue weighted by Gasteiger charge is 2.35. The van der Waals surface area contributed by atoms with Gasteiger partial charge in [-0.15, -0.1) is 0 Å². The lowest BCUT2D eigenvalue weighted by Crippen LogP contribution is -2.43. The van der Waals surface area contributed by atoms with E-state index in [0.717, 1.165) is 37.1 Å². The lowest BCUT2D eigenvalue weighted by atomic mass is 9.79. The van der Waals surface area contributed by atoms with Crippen LogP contribution in [0.15, 0.2) is 0 Å². The van der Waals surface area contributed by atoms with E-state index in [4.69, 9.17) is 17.3 Å². The van der Waals surface area contributed by atoms with Crippen molar-refractivity contribution in [2.45, 2.75) is 57.1 Å². The smallest absolute Gasteiger partial charge is 0.0850 e. The predicted octanol–water partition coefficient (Wildman–Crippen LogP) is 1.81. The van der Waals surface area contributed by atoms with Gasteiger partial charge in [0.2, 0.25) is 0 Å². The van der Waals surface area contributed by atoms with Crippen LogP contribution >= 0.6 is 11.6 Å².